The summed E-state index contributed by atoms with van der Waals surface area (Å²) in [5.74, 6) is -0.368. The minimum Gasteiger partial charge on any atom is -0.388 e. The number of carbonyl (C=O) groups excluding carboxylic acids is 1. The number of amides is 1. The van der Waals surface area contributed by atoms with Gasteiger partial charge < -0.3 is 10.0 Å². The zero-order valence-corrected chi connectivity index (χ0v) is 11.3. The fourth-order valence-corrected chi connectivity index (χ4v) is 2.31. The van der Waals surface area contributed by atoms with Crippen LogP contribution in [0.5, 0.6) is 0 Å². The maximum atomic E-state index is 13.5. The van der Waals surface area contributed by atoms with Crippen LogP contribution in [0.25, 0.3) is 0 Å². The molecule has 0 saturated carbocycles. The smallest absolute Gasteiger partial charge is 0.236 e. The van der Waals surface area contributed by atoms with Gasteiger partial charge in [-0.2, -0.15) is 0 Å². The van der Waals surface area contributed by atoms with Crippen molar-refractivity contribution in [3.05, 3.63) is 35.6 Å². The maximum absolute atomic E-state index is 13.5. The fourth-order valence-electron chi connectivity index (χ4n) is 2.31. The molecule has 1 aliphatic rings. The van der Waals surface area contributed by atoms with Gasteiger partial charge in [0.05, 0.1) is 12.1 Å². The Labute approximate surface area is 112 Å². The Morgan fingerprint density at radius 3 is 2.68 bits per heavy atom. The lowest BCUT2D eigenvalue weighted by Crippen LogP contribution is -2.61. The van der Waals surface area contributed by atoms with E-state index in [9.17, 15) is 14.3 Å². The van der Waals surface area contributed by atoms with Gasteiger partial charge in [0.2, 0.25) is 5.91 Å². The minimum atomic E-state index is -0.676. The van der Waals surface area contributed by atoms with Gasteiger partial charge in [-0.15, -0.1) is 0 Å². The first-order chi connectivity index (χ1) is 8.87. The maximum Gasteiger partial charge on any atom is 0.236 e. The summed E-state index contributed by atoms with van der Waals surface area (Å²) < 4.78 is 13.5. The summed E-state index contributed by atoms with van der Waals surface area (Å²) in [6.07, 6.45) is 0. The van der Waals surface area contributed by atoms with Crippen LogP contribution < -0.4 is 0 Å². The molecule has 5 heteroatoms. The number of halogens is 1. The zero-order valence-electron chi connectivity index (χ0n) is 11.3. The molecule has 104 valence electrons. The van der Waals surface area contributed by atoms with Crippen LogP contribution in [0, 0.1) is 5.82 Å². The van der Waals surface area contributed by atoms with Crippen molar-refractivity contribution in [1.29, 1.82) is 0 Å². The van der Waals surface area contributed by atoms with Gasteiger partial charge in [-0.1, -0.05) is 18.2 Å². The number of nitrogens with zero attached hydrogens (tertiary/aromatic N) is 2. The van der Waals surface area contributed by atoms with E-state index in [0.717, 1.165) is 0 Å². The fraction of sp³-hybridized carbons (Fsp3) is 0.500. The van der Waals surface area contributed by atoms with Crippen molar-refractivity contribution in [2.45, 2.75) is 19.1 Å². The average molecular weight is 266 g/mol. The number of carbonyl (C=O) groups is 1. The third-order valence-corrected chi connectivity index (χ3v) is 3.28. The van der Waals surface area contributed by atoms with E-state index in [1.54, 1.807) is 32.2 Å². The number of aliphatic hydroxyl groups is 1. The summed E-state index contributed by atoms with van der Waals surface area (Å²) in [6.45, 7) is 3.28. The first-order valence-electron chi connectivity index (χ1n) is 6.29. The van der Waals surface area contributed by atoms with Crippen molar-refractivity contribution in [2.75, 3.05) is 26.7 Å². The lowest BCUT2D eigenvalue weighted by Gasteiger charge is -2.44. The van der Waals surface area contributed by atoms with Crippen LogP contribution in [0.15, 0.2) is 24.3 Å². The second-order valence-electron chi connectivity index (χ2n) is 5.48. The van der Waals surface area contributed by atoms with Crippen LogP contribution >= 0.6 is 0 Å². The van der Waals surface area contributed by atoms with Gasteiger partial charge >= 0.3 is 0 Å². The Hall–Kier alpha value is -1.46. The van der Waals surface area contributed by atoms with E-state index in [-0.39, 0.29) is 24.8 Å². The van der Waals surface area contributed by atoms with Crippen molar-refractivity contribution in [2.24, 2.45) is 0 Å². The molecule has 1 saturated heterocycles. The van der Waals surface area contributed by atoms with E-state index < -0.39 is 5.60 Å². The molecule has 0 atom stereocenters. The first-order valence-corrected chi connectivity index (χ1v) is 6.29. The van der Waals surface area contributed by atoms with Gasteiger partial charge in [0.1, 0.15) is 5.82 Å². The highest BCUT2D eigenvalue weighted by atomic mass is 19.1. The van der Waals surface area contributed by atoms with Gasteiger partial charge in [0.15, 0.2) is 0 Å². The molecule has 4 nitrogen and oxygen atoms in total. The number of benzene rings is 1. The normalized spacial score (nSPS) is 17.9. The molecule has 0 spiro atoms. The monoisotopic (exact) mass is 266 g/mol. The number of hydrogen-bond donors (Lipinski definition) is 1. The van der Waals surface area contributed by atoms with Crippen LogP contribution in [0.2, 0.25) is 0 Å². The van der Waals surface area contributed by atoms with Gasteiger partial charge in [0.25, 0.3) is 0 Å². The predicted molar refractivity (Wildman–Crippen MR) is 69.9 cm³/mol. The molecule has 1 fully saturated rings. The van der Waals surface area contributed by atoms with Crippen LogP contribution in [-0.2, 0) is 11.3 Å². The summed E-state index contributed by atoms with van der Waals surface area (Å²) in [5, 5.41) is 9.59. The van der Waals surface area contributed by atoms with Crippen molar-refractivity contribution in [3.8, 4) is 0 Å². The van der Waals surface area contributed by atoms with Crippen LogP contribution in [0.1, 0.15) is 12.5 Å². The standard InChI is InChI=1S/C14H19FN2O2/c1-14(19)9-17(10-14)8-13(18)16(2)7-11-5-3-4-6-12(11)15/h3-6,19H,7-10H2,1-2H3. The SMILES string of the molecule is CN(Cc1ccccc1F)C(=O)CN1CC(C)(O)C1. The third-order valence-electron chi connectivity index (χ3n) is 3.28. The van der Waals surface area contributed by atoms with E-state index in [2.05, 4.69) is 0 Å². The van der Waals surface area contributed by atoms with E-state index in [4.69, 9.17) is 0 Å². The van der Waals surface area contributed by atoms with Gasteiger partial charge in [-0.25, -0.2) is 4.39 Å². The molecular weight excluding hydrogens is 247 g/mol. The highest BCUT2D eigenvalue weighted by Gasteiger charge is 2.37. The van der Waals surface area contributed by atoms with E-state index in [1.807, 2.05) is 4.90 Å². The third kappa shape index (κ3) is 3.52. The lowest BCUT2D eigenvalue weighted by molar-refractivity contribution is -0.139. The molecular formula is C14H19FN2O2. The number of hydrogen-bond acceptors (Lipinski definition) is 3. The molecule has 0 radical (unpaired) electrons. The minimum absolute atomic E-state index is 0.0706. The Kier molecular flexibility index (Phi) is 3.87. The van der Waals surface area contributed by atoms with Gasteiger partial charge in [0, 0.05) is 32.2 Å². The summed E-state index contributed by atoms with van der Waals surface area (Å²) in [5.41, 5.74) is -0.168. The molecule has 1 aliphatic heterocycles. The van der Waals surface area contributed by atoms with E-state index in [0.29, 0.717) is 18.7 Å². The summed E-state index contributed by atoms with van der Waals surface area (Å²) in [4.78, 5) is 15.3. The highest BCUT2D eigenvalue weighted by molar-refractivity contribution is 5.78. The molecule has 0 aliphatic carbocycles. The Morgan fingerprint density at radius 1 is 1.47 bits per heavy atom. The first kappa shape index (κ1) is 14.0. The molecule has 1 N–H and O–H groups in total. The van der Waals surface area contributed by atoms with Crippen molar-refractivity contribution in [3.63, 3.8) is 0 Å². The predicted octanol–water partition coefficient (Wildman–Crippen LogP) is 0.851. The van der Waals surface area contributed by atoms with Crippen molar-refractivity contribution < 1.29 is 14.3 Å². The average Bonchev–Trinajstić information content (AvgIpc) is 2.29. The Bertz CT molecular complexity index is 468. The second-order valence-corrected chi connectivity index (χ2v) is 5.48. The summed E-state index contributed by atoms with van der Waals surface area (Å²) >= 11 is 0. The second kappa shape index (κ2) is 5.27. The molecule has 1 heterocycles. The molecule has 0 bridgehead atoms. The van der Waals surface area contributed by atoms with Gasteiger partial charge in [-0.05, 0) is 13.0 Å². The van der Waals surface area contributed by atoms with Crippen LogP contribution in [0.3, 0.4) is 0 Å². The van der Waals surface area contributed by atoms with Gasteiger partial charge in [-0.3, -0.25) is 9.69 Å². The molecule has 2 rings (SSSR count). The number of β-amino-alcohol motifs (C(OH)–C–C–N with tert-alkyl or cyclic N) is 1. The van der Waals surface area contributed by atoms with Crippen LogP contribution in [0.4, 0.5) is 4.39 Å². The molecule has 1 aromatic rings. The van der Waals surface area contributed by atoms with Crippen LogP contribution in [-0.4, -0.2) is 53.1 Å². The van der Waals surface area contributed by atoms with E-state index in [1.165, 1.54) is 11.0 Å². The molecule has 1 aromatic carbocycles. The Morgan fingerprint density at radius 2 is 2.11 bits per heavy atom. The number of likely N-dealkylation sites (N-methyl/N-ethyl adjacent to an activating group) is 1. The van der Waals surface area contributed by atoms with Crippen molar-refractivity contribution >= 4 is 5.91 Å². The largest absolute Gasteiger partial charge is 0.388 e. The lowest BCUT2D eigenvalue weighted by atomic mass is 9.97. The zero-order chi connectivity index (χ0) is 14.0. The summed E-state index contributed by atoms with van der Waals surface area (Å²) in [7, 11) is 1.66. The quantitative estimate of drug-likeness (QED) is 0.878. The molecule has 1 amide bonds. The van der Waals surface area contributed by atoms with Crippen molar-refractivity contribution in [1.82, 2.24) is 9.80 Å². The highest BCUT2D eigenvalue weighted by Crippen LogP contribution is 2.19. The number of rotatable bonds is 4. The topological polar surface area (TPSA) is 43.8 Å². The number of likely N-dealkylation sites (tertiary alicyclic amines) is 1. The van der Waals surface area contributed by atoms with E-state index >= 15 is 0 Å². The molecule has 19 heavy (non-hydrogen) atoms. The Balaban J connectivity index is 1.85. The molecule has 0 aromatic heterocycles. The summed E-state index contributed by atoms with van der Waals surface area (Å²) in [6, 6.07) is 6.44. The molecule has 0 unspecified atom stereocenters.